The summed E-state index contributed by atoms with van der Waals surface area (Å²) in [5.74, 6) is -1.86. The minimum absolute atomic E-state index is 0.0306. The molecule has 0 radical (unpaired) electrons. The van der Waals surface area contributed by atoms with E-state index in [9.17, 15) is 14.4 Å². The topological polar surface area (TPSA) is 95.9 Å². The molecule has 0 aromatic heterocycles. The largest absolute Gasteiger partial charge is 0.480 e. The molecule has 90 valence electrons. The van der Waals surface area contributed by atoms with Gasteiger partial charge in [0, 0.05) is 13.5 Å². The Morgan fingerprint density at radius 2 is 2.31 bits per heavy atom. The number of nitrogens with one attached hydrogen (secondary N) is 1. The molecule has 2 N–H and O–H groups in total. The molecule has 1 atom stereocenters. The van der Waals surface area contributed by atoms with E-state index in [1.165, 1.54) is 11.8 Å². The summed E-state index contributed by atoms with van der Waals surface area (Å²) in [4.78, 5) is 34.3. The van der Waals surface area contributed by atoms with E-state index in [-0.39, 0.29) is 19.1 Å². The lowest BCUT2D eigenvalue weighted by Crippen LogP contribution is -2.52. The monoisotopic (exact) mass is 230 g/mol. The van der Waals surface area contributed by atoms with Crippen molar-refractivity contribution in [1.29, 1.82) is 0 Å². The maximum absolute atomic E-state index is 11.3. The van der Waals surface area contributed by atoms with Gasteiger partial charge in [-0.15, -0.1) is 0 Å². The molecule has 7 heteroatoms. The molecule has 1 saturated heterocycles. The van der Waals surface area contributed by atoms with Crippen LogP contribution < -0.4 is 5.32 Å². The summed E-state index contributed by atoms with van der Waals surface area (Å²) >= 11 is 0. The predicted molar refractivity (Wildman–Crippen MR) is 52.6 cm³/mol. The number of carboxylic acid groups (broad SMARTS) is 1. The maximum Gasteiger partial charge on any atom is 0.328 e. The Hall–Kier alpha value is -1.63. The van der Waals surface area contributed by atoms with Crippen LogP contribution in [-0.4, -0.2) is 60.1 Å². The highest BCUT2D eigenvalue weighted by molar-refractivity contribution is 5.83. The first-order chi connectivity index (χ1) is 7.50. The quantitative estimate of drug-likeness (QED) is 0.608. The van der Waals surface area contributed by atoms with Gasteiger partial charge in [-0.3, -0.25) is 9.59 Å². The lowest BCUT2D eigenvalue weighted by molar-refractivity contribution is -0.147. The van der Waals surface area contributed by atoms with Crippen molar-refractivity contribution in [3.05, 3.63) is 0 Å². The van der Waals surface area contributed by atoms with Crippen molar-refractivity contribution in [2.75, 3.05) is 26.3 Å². The zero-order valence-electron chi connectivity index (χ0n) is 8.93. The zero-order chi connectivity index (χ0) is 12.1. The molecule has 0 aromatic carbocycles. The molecule has 7 nitrogen and oxygen atoms in total. The van der Waals surface area contributed by atoms with E-state index in [0.29, 0.717) is 13.2 Å². The number of aliphatic carboxylic acids is 1. The Morgan fingerprint density at radius 1 is 1.62 bits per heavy atom. The van der Waals surface area contributed by atoms with E-state index in [2.05, 4.69) is 5.32 Å². The highest BCUT2D eigenvalue weighted by Crippen LogP contribution is 2.00. The normalized spacial score (nSPS) is 18.1. The minimum atomic E-state index is -1.16. The third-order valence-corrected chi connectivity index (χ3v) is 2.16. The number of ether oxygens (including phenoxy) is 1. The third-order valence-electron chi connectivity index (χ3n) is 2.16. The molecule has 1 rings (SSSR count). The highest BCUT2D eigenvalue weighted by atomic mass is 16.5. The minimum Gasteiger partial charge on any atom is -0.480 e. The number of carboxylic acids is 1. The number of nitrogens with zero attached hydrogens (tertiary/aromatic N) is 1. The Kier molecular flexibility index (Phi) is 4.24. The second-order valence-corrected chi connectivity index (χ2v) is 3.48. The molecular weight excluding hydrogens is 216 g/mol. The van der Waals surface area contributed by atoms with Crippen molar-refractivity contribution in [3.8, 4) is 0 Å². The van der Waals surface area contributed by atoms with Crippen LogP contribution in [0.1, 0.15) is 6.92 Å². The fourth-order valence-corrected chi connectivity index (χ4v) is 1.39. The predicted octanol–water partition coefficient (Wildman–Crippen LogP) is -1.57. The summed E-state index contributed by atoms with van der Waals surface area (Å²) in [5, 5.41) is 11.1. The van der Waals surface area contributed by atoms with Gasteiger partial charge in [0.15, 0.2) is 0 Å². The van der Waals surface area contributed by atoms with Crippen LogP contribution >= 0.6 is 0 Å². The fraction of sp³-hybridized carbons (Fsp3) is 0.667. The van der Waals surface area contributed by atoms with Gasteiger partial charge in [-0.1, -0.05) is 0 Å². The van der Waals surface area contributed by atoms with Gasteiger partial charge in [-0.05, 0) is 0 Å². The third kappa shape index (κ3) is 3.50. The Morgan fingerprint density at radius 3 is 2.81 bits per heavy atom. The molecule has 1 heterocycles. The molecular formula is C9H14N2O5. The first kappa shape index (κ1) is 12.4. The van der Waals surface area contributed by atoms with Crippen molar-refractivity contribution >= 4 is 17.8 Å². The molecule has 1 aliphatic heterocycles. The summed E-state index contributed by atoms with van der Waals surface area (Å²) < 4.78 is 4.91. The van der Waals surface area contributed by atoms with Crippen molar-refractivity contribution in [1.82, 2.24) is 10.2 Å². The lowest BCUT2D eigenvalue weighted by Gasteiger charge is -2.29. The van der Waals surface area contributed by atoms with Crippen LogP contribution in [0.15, 0.2) is 0 Å². The smallest absolute Gasteiger partial charge is 0.328 e. The summed E-state index contributed by atoms with van der Waals surface area (Å²) in [6.45, 7) is 1.90. The van der Waals surface area contributed by atoms with Crippen LogP contribution in [0.2, 0.25) is 0 Å². The molecule has 16 heavy (non-hydrogen) atoms. The molecule has 2 amide bonds. The Bertz CT molecular complexity index is 304. The number of carbonyl (C=O) groups excluding carboxylic acids is 2. The number of rotatable bonds is 4. The second kappa shape index (κ2) is 5.45. The van der Waals surface area contributed by atoms with E-state index in [1.807, 2.05) is 0 Å². The molecule has 0 aliphatic carbocycles. The van der Waals surface area contributed by atoms with Gasteiger partial charge in [0.2, 0.25) is 11.8 Å². The van der Waals surface area contributed by atoms with Crippen LogP contribution in [0.5, 0.6) is 0 Å². The van der Waals surface area contributed by atoms with Crippen LogP contribution in [0.3, 0.4) is 0 Å². The second-order valence-electron chi connectivity index (χ2n) is 3.48. The van der Waals surface area contributed by atoms with Gasteiger partial charge < -0.3 is 20.1 Å². The van der Waals surface area contributed by atoms with Gasteiger partial charge in [-0.25, -0.2) is 4.79 Å². The molecule has 0 bridgehead atoms. The van der Waals surface area contributed by atoms with Gasteiger partial charge in [0.25, 0.3) is 0 Å². The highest BCUT2D eigenvalue weighted by Gasteiger charge is 2.26. The molecule has 1 unspecified atom stereocenters. The van der Waals surface area contributed by atoms with Crippen LogP contribution in [0.25, 0.3) is 0 Å². The van der Waals surface area contributed by atoms with Gasteiger partial charge in [0.05, 0.1) is 13.2 Å². The lowest BCUT2D eigenvalue weighted by atomic mass is 10.2. The van der Waals surface area contributed by atoms with Crippen molar-refractivity contribution in [2.45, 2.75) is 13.0 Å². The van der Waals surface area contributed by atoms with Crippen LogP contribution in [-0.2, 0) is 19.1 Å². The maximum atomic E-state index is 11.3. The van der Waals surface area contributed by atoms with Crippen LogP contribution in [0, 0.1) is 0 Å². The first-order valence-corrected chi connectivity index (χ1v) is 4.86. The molecule has 0 spiro atoms. The van der Waals surface area contributed by atoms with Crippen molar-refractivity contribution < 1.29 is 24.2 Å². The van der Waals surface area contributed by atoms with E-state index in [1.54, 1.807) is 0 Å². The van der Waals surface area contributed by atoms with Crippen molar-refractivity contribution in [2.24, 2.45) is 0 Å². The van der Waals surface area contributed by atoms with Gasteiger partial charge in [0.1, 0.15) is 12.6 Å². The Balaban J connectivity index is 2.56. The zero-order valence-corrected chi connectivity index (χ0v) is 8.93. The fourth-order valence-electron chi connectivity index (χ4n) is 1.39. The van der Waals surface area contributed by atoms with E-state index >= 15 is 0 Å². The number of morpholine rings is 1. The summed E-state index contributed by atoms with van der Waals surface area (Å²) in [6.07, 6.45) is 0. The average Bonchev–Trinajstić information content (AvgIpc) is 2.19. The Labute approximate surface area is 92.4 Å². The molecule has 0 saturated carbocycles. The number of hydrogen-bond donors (Lipinski definition) is 2. The summed E-state index contributed by atoms with van der Waals surface area (Å²) in [7, 11) is 0. The van der Waals surface area contributed by atoms with E-state index < -0.39 is 17.9 Å². The average molecular weight is 230 g/mol. The molecule has 1 fully saturated rings. The van der Waals surface area contributed by atoms with E-state index in [4.69, 9.17) is 9.84 Å². The summed E-state index contributed by atoms with van der Waals surface area (Å²) in [5.41, 5.74) is 0. The van der Waals surface area contributed by atoms with Gasteiger partial charge in [-0.2, -0.15) is 0 Å². The number of amides is 2. The van der Waals surface area contributed by atoms with Crippen molar-refractivity contribution in [3.63, 3.8) is 0 Å². The molecule has 0 aromatic rings. The van der Waals surface area contributed by atoms with Crippen LogP contribution in [0.4, 0.5) is 0 Å². The number of carbonyl (C=O) groups is 3. The number of hydrogen-bond acceptors (Lipinski definition) is 4. The molecule has 1 aliphatic rings. The van der Waals surface area contributed by atoms with Gasteiger partial charge >= 0.3 is 5.97 Å². The first-order valence-electron chi connectivity index (χ1n) is 4.86. The summed E-state index contributed by atoms with van der Waals surface area (Å²) in [6, 6.07) is -1.07. The SMILES string of the molecule is CC(=O)NC(CN1CCOCC1=O)C(=O)O. The standard InChI is InChI=1S/C9H14N2O5/c1-6(12)10-7(9(14)15)4-11-2-3-16-5-8(11)13/h7H,2-5H2,1H3,(H,10,12)(H,14,15). The van der Waals surface area contributed by atoms with E-state index in [0.717, 1.165) is 0 Å².